The van der Waals surface area contributed by atoms with Crippen molar-refractivity contribution in [1.82, 2.24) is 4.90 Å². The summed E-state index contributed by atoms with van der Waals surface area (Å²) in [6.07, 6.45) is 1.68. The average molecular weight is 326 g/mol. The first-order valence-electron chi connectivity index (χ1n) is 5.71. The summed E-state index contributed by atoms with van der Waals surface area (Å²) >= 11 is 3.29. The van der Waals surface area contributed by atoms with Crippen LogP contribution >= 0.6 is 15.9 Å². The third-order valence-electron chi connectivity index (χ3n) is 3.12. The van der Waals surface area contributed by atoms with E-state index in [0.29, 0.717) is 5.56 Å². The summed E-state index contributed by atoms with van der Waals surface area (Å²) < 4.78 is 0.771. The first-order valence-corrected chi connectivity index (χ1v) is 6.50. The first kappa shape index (κ1) is 15.4. The molecule has 0 saturated heterocycles. The number of carbonyl (C=O) groups excluding carboxylic acids is 1. The van der Waals surface area contributed by atoms with Crippen LogP contribution in [0.15, 0.2) is 41.4 Å². The van der Waals surface area contributed by atoms with Crippen molar-refractivity contribution < 1.29 is 14.7 Å². The number of rotatable bonds is 5. The fourth-order valence-corrected chi connectivity index (χ4v) is 2.09. The van der Waals surface area contributed by atoms with Crippen LogP contribution in [0.25, 0.3) is 0 Å². The number of benzene rings is 1. The lowest BCUT2D eigenvalue weighted by molar-refractivity contribution is -0.148. The third-order valence-corrected chi connectivity index (χ3v) is 3.61. The van der Waals surface area contributed by atoms with Crippen molar-refractivity contribution >= 4 is 27.8 Å². The maximum Gasteiger partial charge on any atom is 0.329 e. The van der Waals surface area contributed by atoms with Gasteiger partial charge in [-0.2, -0.15) is 0 Å². The van der Waals surface area contributed by atoms with Crippen LogP contribution in [0.3, 0.4) is 0 Å². The van der Waals surface area contributed by atoms with E-state index in [1.807, 2.05) is 0 Å². The van der Waals surface area contributed by atoms with E-state index in [0.717, 1.165) is 4.47 Å². The molecule has 0 aliphatic heterocycles. The van der Waals surface area contributed by atoms with E-state index >= 15 is 0 Å². The predicted molar refractivity (Wildman–Crippen MR) is 77.1 cm³/mol. The monoisotopic (exact) mass is 325 g/mol. The lowest BCUT2D eigenvalue weighted by Gasteiger charge is -2.34. The maximum absolute atomic E-state index is 12.3. The minimum absolute atomic E-state index is 0.179. The topological polar surface area (TPSA) is 57.6 Å². The average Bonchev–Trinajstić information content (AvgIpc) is 2.37. The lowest BCUT2D eigenvalue weighted by Crippen LogP contribution is -2.52. The summed E-state index contributed by atoms with van der Waals surface area (Å²) in [5.41, 5.74) is -0.866. The summed E-state index contributed by atoms with van der Waals surface area (Å²) in [7, 11) is 1.49. The zero-order valence-electron chi connectivity index (χ0n) is 10.9. The van der Waals surface area contributed by atoms with Gasteiger partial charge in [-0.05, 0) is 31.5 Å². The molecule has 0 bridgehead atoms. The number of hydrogen-bond acceptors (Lipinski definition) is 2. The first-order chi connectivity index (χ1) is 8.82. The molecule has 0 aliphatic rings. The van der Waals surface area contributed by atoms with Gasteiger partial charge in [0.05, 0.1) is 0 Å². The van der Waals surface area contributed by atoms with Gasteiger partial charge in [-0.15, -0.1) is 6.58 Å². The number of aliphatic carboxylic acids is 1. The molecule has 19 heavy (non-hydrogen) atoms. The Hall–Kier alpha value is -1.62. The number of halogens is 1. The van der Waals surface area contributed by atoms with Crippen molar-refractivity contribution in [2.75, 3.05) is 7.05 Å². The van der Waals surface area contributed by atoms with Crippen molar-refractivity contribution in [1.29, 1.82) is 0 Å². The lowest BCUT2D eigenvalue weighted by atomic mass is 9.95. The number of amides is 1. The molecule has 1 aromatic rings. The Bertz CT molecular complexity index is 515. The van der Waals surface area contributed by atoms with Crippen LogP contribution in [-0.2, 0) is 4.79 Å². The molecule has 4 nitrogen and oxygen atoms in total. The number of carboxylic acids is 1. The molecule has 5 heteroatoms. The SMILES string of the molecule is C=CCC(C)(C(=O)O)N(C)C(=O)c1cccc(Br)c1. The van der Waals surface area contributed by atoms with Crippen molar-refractivity contribution in [2.24, 2.45) is 0 Å². The molecule has 0 fully saturated rings. The van der Waals surface area contributed by atoms with Gasteiger partial charge in [0.1, 0.15) is 5.54 Å². The molecule has 0 radical (unpaired) electrons. The van der Waals surface area contributed by atoms with Crippen LogP contribution in [0.2, 0.25) is 0 Å². The molecule has 1 N–H and O–H groups in total. The molecule has 0 spiro atoms. The zero-order valence-corrected chi connectivity index (χ0v) is 12.5. The van der Waals surface area contributed by atoms with Gasteiger partial charge in [0.15, 0.2) is 0 Å². The Balaban J connectivity index is 3.10. The third kappa shape index (κ3) is 3.23. The van der Waals surface area contributed by atoms with Gasteiger partial charge in [-0.3, -0.25) is 4.79 Å². The fraction of sp³-hybridized carbons (Fsp3) is 0.286. The number of likely N-dealkylation sites (N-methyl/N-ethyl adjacent to an activating group) is 1. The highest BCUT2D eigenvalue weighted by Crippen LogP contribution is 2.22. The van der Waals surface area contributed by atoms with Crippen LogP contribution < -0.4 is 0 Å². The van der Waals surface area contributed by atoms with Gasteiger partial charge in [-0.1, -0.05) is 28.1 Å². The smallest absolute Gasteiger partial charge is 0.329 e. The Morgan fingerprint density at radius 3 is 2.63 bits per heavy atom. The van der Waals surface area contributed by atoms with Crippen LogP contribution in [0, 0.1) is 0 Å². The summed E-state index contributed by atoms with van der Waals surface area (Å²) in [5, 5.41) is 9.33. The normalized spacial score (nSPS) is 13.4. The second kappa shape index (κ2) is 6.02. The molecule has 0 heterocycles. The van der Waals surface area contributed by atoms with Crippen LogP contribution in [0.5, 0.6) is 0 Å². The van der Waals surface area contributed by atoms with E-state index in [4.69, 9.17) is 0 Å². The van der Waals surface area contributed by atoms with E-state index in [9.17, 15) is 14.7 Å². The van der Waals surface area contributed by atoms with Gasteiger partial charge in [0.2, 0.25) is 0 Å². The van der Waals surface area contributed by atoms with Crippen LogP contribution in [0.1, 0.15) is 23.7 Å². The van der Waals surface area contributed by atoms with Gasteiger partial charge in [-0.25, -0.2) is 4.79 Å². The van der Waals surface area contributed by atoms with E-state index in [-0.39, 0.29) is 12.3 Å². The number of carboxylic acid groups (broad SMARTS) is 1. The van der Waals surface area contributed by atoms with Crippen molar-refractivity contribution in [3.05, 3.63) is 47.0 Å². The van der Waals surface area contributed by atoms with Gasteiger partial charge < -0.3 is 10.0 Å². The second-order valence-electron chi connectivity index (χ2n) is 4.45. The van der Waals surface area contributed by atoms with E-state index < -0.39 is 11.5 Å². The predicted octanol–water partition coefficient (Wildman–Crippen LogP) is 2.94. The summed E-state index contributed by atoms with van der Waals surface area (Å²) in [6, 6.07) is 6.85. The van der Waals surface area contributed by atoms with Crippen molar-refractivity contribution in [3.63, 3.8) is 0 Å². The largest absolute Gasteiger partial charge is 0.479 e. The summed E-state index contributed by atoms with van der Waals surface area (Å²) in [5.74, 6) is -1.40. The van der Waals surface area contributed by atoms with Gasteiger partial charge >= 0.3 is 5.97 Å². The van der Waals surface area contributed by atoms with E-state index in [2.05, 4.69) is 22.5 Å². The minimum Gasteiger partial charge on any atom is -0.479 e. The van der Waals surface area contributed by atoms with Crippen molar-refractivity contribution in [3.8, 4) is 0 Å². The fourth-order valence-electron chi connectivity index (χ4n) is 1.69. The molecule has 1 rings (SSSR count). The molecular formula is C14H16BrNO3. The standard InChI is InChI=1S/C14H16BrNO3/c1-4-8-14(2,13(18)19)16(3)12(17)10-6-5-7-11(15)9-10/h4-7,9H,1,8H2,2-3H3,(H,18,19). The molecule has 1 amide bonds. The Morgan fingerprint density at radius 1 is 1.53 bits per heavy atom. The second-order valence-corrected chi connectivity index (χ2v) is 5.36. The quantitative estimate of drug-likeness (QED) is 0.847. The van der Waals surface area contributed by atoms with E-state index in [1.54, 1.807) is 24.3 Å². The summed E-state index contributed by atoms with van der Waals surface area (Å²) in [4.78, 5) is 25.0. The highest BCUT2D eigenvalue weighted by Gasteiger charge is 2.39. The molecule has 0 aromatic heterocycles. The maximum atomic E-state index is 12.3. The highest BCUT2D eigenvalue weighted by atomic mass is 79.9. The minimum atomic E-state index is -1.30. The zero-order chi connectivity index (χ0) is 14.6. The van der Waals surface area contributed by atoms with E-state index in [1.165, 1.54) is 24.9 Å². The number of carbonyl (C=O) groups is 2. The van der Waals surface area contributed by atoms with Crippen LogP contribution in [-0.4, -0.2) is 34.5 Å². The van der Waals surface area contributed by atoms with Gasteiger partial charge in [0.25, 0.3) is 5.91 Å². The highest BCUT2D eigenvalue weighted by molar-refractivity contribution is 9.10. The molecule has 102 valence electrons. The molecule has 1 aromatic carbocycles. The molecule has 1 unspecified atom stereocenters. The molecule has 1 atom stereocenters. The Labute approximate surface area is 120 Å². The molecular weight excluding hydrogens is 310 g/mol. The molecule has 0 aliphatic carbocycles. The number of hydrogen-bond donors (Lipinski definition) is 1. The molecule has 0 saturated carbocycles. The Kier molecular flexibility index (Phi) is 4.89. The number of nitrogens with zero attached hydrogens (tertiary/aromatic N) is 1. The summed E-state index contributed by atoms with van der Waals surface area (Å²) in [6.45, 7) is 5.05. The van der Waals surface area contributed by atoms with Crippen LogP contribution in [0.4, 0.5) is 0 Å². The van der Waals surface area contributed by atoms with Gasteiger partial charge in [0, 0.05) is 17.1 Å². The Morgan fingerprint density at radius 2 is 2.16 bits per heavy atom. The van der Waals surface area contributed by atoms with Crippen molar-refractivity contribution in [2.45, 2.75) is 18.9 Å².